The van der Waals surface area contributed by atoms with E-state index in [0.717, 1.165) is 4.47 Å². The van der Waals surface area contributed by atoms with Gasteiger partial charge >= 0.3 is 0 Å². The first-order valence-electron chi connectivity index (χ1n) is 5.22. The van der Waals surface area contributed by atoms with E-state index in [9.17, 15) is 13.5 Å². The van der Waals surface area contributed by atoms with Gasteiger partial charge in [0.1, 0.15) is 5.82 Å². The van der Waals surface area contributed by atoms with Gasteiger partial charge < -0.3 is 10.0 Å². The minimum Gasteiger partial charge on any atom is -0.392 e. The lowest BCUT2D eigenvalue weighted by Gasteiger charge is -2.29. The third kappa shape index (κ3) is 2.97. The summed E-state index contributed by atoms with van der Waals surface area (Å²) in [5.74, 6) is 0.969. The Hall–Kier alpha value is -0.660. The van der Waals surface area contributed by atoms with Crippen molar-refractivity contribution in [3.8, 4) is 0 Å². The number of halogens is 1. The second-order valence-electron chi connectivity index (χ2n) is 3.93. The van der Waals surface area contributed by atoms with Crippen molar-refractivity contribution in [2.45, 2.75) is 6.61 Å². The minimum atomic E-state index is -2.89. The Bertz CT molecular complexity index is 504. The Morgan fingerprint density at radius 3 is 2.65 bits per heavy atom. The van der Waals surface area contributed by atoms with Gasteiger partial charge in [0.05, 0.1) is 18.1 Å². The third-order valence-corrected chi connectivity index (χ3v) is 4.77. The fourth-order valence-electron chi connectivity index (χ4n) is 1.80. The van der Waals surface area contributed by atoms with E-state index in [2.05, 4.69) is 20.9 Å². The monoisotopic (exact) mass is 320 g/mol. The molecule has 7 heteroatoms. The molecule has 1 aromatic heterocycles. The van der Waals surface area contributed by atoms with E-state index in [1.165, 1.54) is 0 Å². The van der Waals surface area contributed by atoms with Gasteiger partial charge in [0.15, 0.2) is 9.84 Å². The van der Waals surface area contributed by atoms with Crippen LogP contribution in [0.4, 0.5) is 5.82 Å². The van der Waals surface area contributed by atoms with Gasteiger partial charge in [0.2, 0.25) is 0 Å². The second kappa shape index (κ2) is 4.91. The van der Waals surface area contributed by atoms with Crippen LogP contribution < -0.4 is 4.90 Å². The largest absolute Gasteiger partial charge is 0.392 e. The molecule has 0 amide bonds. The van der Waals surface area contributed by atoms with E-state index < -0.39 is 9.84 Å². The average Bonchev–Trinajstić information content (AvgIpc) is 2.29. The van der Waals surface area contributed by atoms with E-state index in [4.69, 9.17) is 0 Å². The van der Waals surface area contributed by atoms with Gasteiger partial charge in [0, 0.05) is 29.3 Å². The summed E-state index contributed by atoms with van der Waals surface area (Å²) in [7, 11) is -2.89. The minimum absolute atomic E-state index is 0.106. The van der Waals surface area contributed by atoms with Gasteiger partial charge in [-0.1, -0.05) is 0 Å². The Kier molecular flexibility index (Phi) is 3.70. The highest BCUT2D eigenvalue weighted by Gasteiger charge is 2.23. The van der Waals surface area contributed by atoms with E-state index in [0.29, 0.717) is 24.5 Å². The number of sulfone groups is 1. The molecule has 1 aliphatic heterocycles. The normalized spacial score (nSPS) is 19.3. The van der Waals surface area contributed by atoms with Gasteiger partial charge in [-0.2, -0.15) is 0 Å². The van der Waals surface area contributed by atoms with Crippen molar-refractivity contribution in [2.24, 2.45) is 0 Å². The van der Waals surface area contributed by atoms with Crippen LogP contribution in [0.25, 0.3) is 0 Å². The molecule has 0 bridgehead atoms. The van der Waals surface area contributed by atoms with Crippen molar-refractivity contribution >= 4 is 31.6 Å². The molecule has 94 valence electrons. The summed E-state index contributed by atoms with van der Waals surface area (Å²) >= 11 is 3.29. The summed E-state index contributed by atoms with van der Waals surface area (Å²) in [4.78, 5) is 6.15. The summed E-state index contributed by atoms with van der Waals surface area (Å²) in [6, 6.07) is 1.80. The molecule has 1 aromatic rings. The lowest BCUT2D eigenvalue weighted by molar-refractivity contribution is 0.281. The van der Waals surface area contributed by atoms with Gasteiger partial charge in [-0.15, -0.1) is 0 Å². The zero-order valence-electron chi connectivity index (χ0n) is 9.13. The van der Waals surface area contributed by atoms with Gasteiger partial charge in [0.25, 0.3) is 0 Å². The maximum atomic E-state index is 11.3. The Morgan fingerprint density at radius 2 is 2.06 bits per heavy atom. The first kappa shape index (κ1) is 12.8. The lowest BCUT2D eigenvalue weighted by Crippen LogP contribution is -2.41. The van der Waals surface area contributed by atoms with Crippen molar-refractivity contribution in [3.05, 3.63) is 22.3 Å². The van der Waals surface area contributed by atoms with Crippen LogP contribution in [0.3, 0.4) is 0 Å². The topological polar surface area (TPSA) is 70.5 Å². The fourth-order valence-corrected chi connectivity index (χ4v) is 3.38. The summed E-state index contributed by atoms with van der Waals surface area (Å²) in [6.07, 6.45) is 1.65. The number of aliphatic hydroxyl groups excluding tert-OH is 1. The maximum absolute atomic E-state index is 11.3. The van der Waals surface area contributed by atoms with Crippen LogP contribution >= 0.6 is 15.9 Å². The predicted octanol–water partition coefficient (Wildman–Crippen LogP) is 0.571. The number of nitrogens with zero attached hydrogens (tertiary/aromatic N) is 2. The molecule has 1 N–H and O–H groups in total. The van der Waals surface area contributed by atoms with Crippen LogP contribution in [0.1, 0.15) is 5.56 Å². The van der Waals surface area contributed by atoms with Crippen LogP contribution in [-0.2, 0) is 16.4 Å². The summed E-state index contributed by atoms with van der Waals surface area (Å²) < 4.78 is 23.5. The highest BCUT2D eigenvalue weighted by Crippen LogP contribution is 2.23. The highest BCUT2D eigenvalue weighted by atomic mass is 79.9. The Labute approximate surface area is 109 Å². The predicted molar refractivity (Wildman–Crippen MR) is 68.7 cm³/mol. The van der Waals surface area contributed by atoms with E-state index in [1.54, 1.807) is 12.3 Å². The van der Waals surface area contributed by atoms with Gasteiger partial charge in [-0.05, 0) is 22.0 Å². The first-order valence-corrected chi connectivity index (χ1v) is 7.84. The molecule has 1 saturated heterocycles. The van der Waals surface area contributed by atoms with Crippen LogP contribution in [0.2, 0.25) is 0 Å². The van der Waals surface area contributed by atoms with E-state index >= 15 is 0 Å². The molecule has 0 saturated carbocycles. The number of anilines is 1. The zero-order chi connectivity index (χ0) is 12.5. The van der Waals surface area contributed by atoms with Crippen molar-refractivity contribution in [1.29, 1.82) is 0 Å². The Balaban J connectivity index is 2.24. The molecular formula is C10H13BrN2O3S. The molecule has 0 spiro atoms. The summed E-state index contributed by atoms with van der Waals surface area (Å²) in [6.45, 7) is 0.763. The smallest absolute Gasteiger partial charge is 0.153 e. The number of aromatic nitrogens is 1. The molecule has 0 radical (unpaired) electrons. The number of hydrogen-bond donors (Lipinski definition) is 1. The van der Waals surface area contributed by atoms with Crippen molar-refractivity contribution in [3.63, 3.8) is 0 Å². The molecule has 2 heterocycles. The first-order chi connectivity index (χ1) is 8.02. The molecule has 17 heavy (non-hydrogen) atoms. The van der Waals surface area contributed by atoms with Gasteiger partial charge in [-0.3, -0.25) is 0 Å². The summed E-state index contributed by atoms with van der Waals surface area (Å²) in [5.41, 5.74) is 0.707. The molecule has 5 nitrogen and oxygen atoms in total. The van der Waals surface area contributed by atoms with Gasteiger partial charge in [-0.25, -0.2) is 13.4 Å². The Morgan fingerprint density at radius 1 is 1.41 bits per heavy atom. The number of rotatable bonds is 2. The second-order valence-corrected chi connectivity index (χ2v) is 7.15. The zero-order valence-corrected chi connectivity index (χ0v) is 11.5. The van der Waals surface area contributed by atoms with Crippen molar-refractivity contribution in [2.75, 3.05) is 29.5 Å². The molecule has 0 unspecified atom stereocenters. The summed E-state index contributed by atoms with van der Waals surface area (Å²) in [5, 5.41) is 9.27. The molecule has 1 aliphatic rings. The van der Waals surface area contributed by atoms with Crippen LogP contribution in [0.15, 0.2) is 16.7 Å². The van der Waals surface area contributed by atoms with Crippen molar-refractivity contribution in [1.82, 2.24) is 4.98 Å². The number of pyridine rings is 1. The van der Waals surface area contributed by atoms with Crippen LogP contribution in [-0.4, -0.2) is 43.1 Å². The maximum Gasteiger partial charge on any atom is 0.153 e. The highest BCUT2D eigenvalue weighted by molar-refractivity contribution is 9.10. The van der Waals surface area contributed by atoms with Crippen molar-refractivity contribution < 1.29 is 13.5 Å². The molecule has 2 rings (SSSR count). The molecule has 0 aromatic carbocycles. The molecular weight excluding hydrogens is 308 g/mol. The SMILES string of the molecule is O=S1(=O)CCN(c2ncc(Br)cc2CO)CC1. The number of aliphatic hydroxyl groups is 1. The fraction of sp³-hybridized carbons (Fsp3) is 0.500. The average molecular weight is 321 g/mol. The standard InChI is InChI=1S/C10H13BrN2O3S/c11-9-5-8(7-14)10(12-6-9)13-1-3-17(15,16)4-2-13/h5-6,14H,1-4,7H2. The number of hydrogen-bond acceptors (Lipinski definition) is 5. The van der Waals surface area contributed by atoms with E-state index in [-0.39, 0.29) is 18.1 Å². The van der Waals surface area contributed by atoms with E-state index in [1.807, 2.05) is 4.90 Å². The third-order valence-electron chi connectivity index (χ3n) is 2.72. The van der Waals surface area contributed by atoms with Crippen LogP contribution in [0.5, 0.6) is 0 Å². The molecule has 0 aliphatic carbocycles. The quantitative estimate of drug-likeness (QED) is 0.862. The van der Waals surface area contributed by atoms with Crippen LogP contribution in [0, 0.1) is 0 Å². The molecule has 0 atom stereocenters. The molecule has 1 fully saturated rings. The lowest BCUT2D eigenvalue weighted by atomic mass is 10.2.